The van der Waals surface area contributed by atoms with Gasteiger partial charge < -0.3 is 5.11 Å². The first-order valence-electron chi connectivity index (χ1n) is 7.55. The number of carbonyl (C=O) groups excluding carboxylic acids is 2. The summed E-state index contributed by atoms with van der Waals surface area (Å²) in [4.78, 5) is 28.6. The Bertz CT molecular complexity index is 479. The van der Waals surface area contributed by atoms with Gasteiger partial charge in [-0.25, -0.2) is 5.06 Å². The van der Waals surface area contributed by atoms with Gasteiger partial charge in [0.1, 0.15) is 0 Å². The molecule has 0 aromatic carbocycles. The minimum Gasteiger partial charge on any atom is -0.392 e. The van der Waals surface area contributed by atoms with Crippen molar-refractivity contribution in [1.29, 1.82) is 0 Å². The Labute approximate surface area is 131 Å². The molecule has 0 saturated heterocycles. The minimum atomic E-state index is -0.512. The van der Waals surface area contributed by atoms with E-state index in [4.69, 9.17) is 4.84 Å². The summed E-state index contributed by atoms with van der Waals surface area (Å²) in [6, 6.07) is 0. The Kier molecular flexibility index (Phi) is 7.77. The third kappa shape index (κ3) is 5.58. The van der Waals surface area contributed by atoms with Crippen molar-refractivity contribution < 1.29 is 19.5 Å². The SMILES string of the molecule is CC/C=C\C[C@H](O)C/C=C1/C(=O)C=C[C@@H]1CC(=O)N(C)OC. The Morgan fingerprint density at radius 1 is 1.45 bits per heavy atom. The summed E-state index contributed by atoms with van der Waals surface area (Å²) in [6.45, 7) is 2.03. The molecule has 0 heterocycles. The molecule has 0 saturated carbocycles. The zero-order valence-electron chi connectivity index (χ0n) is 13.5. The van der Waals surface area contributed by atoms with E-state index in [2.05, 4.69) is 0 Å². The lowest BCUT2D eigenvalue weighted by Gasteiger charge is -2.16. The second-order valence-corrected chi connectivity index (χ2v) is 5.27. The first kappa shape index (κ1) is 18.3. The number of hydrogen-bond acceptors (Lipinski definition) is 4. The van der Waals surface area contributed by atoms with Gasteiger partial charge in [-0.15, -0.1) is 0 Å². The Morgan fingerprint density at radius 2 is 2.18 bits per heavy atom. The molecule has 1 amide bonds. The molecule has 0 aliphatic heterocycles. The zero-order valence-corrected chi connectivity index (χ0v) is 13.5. The Balaban J connectivity index is 2.62. The molecule has 1 aliphatic carbocycles. The number of hydroxylamine groups is 2. The molecule has 0 bridgehead atoms. The van der Waals surface area contributed by atoms with Crippen molar-refractivity contribution in [3.05, 3.63) is 36.0 Å². The van der Waals surface area contributed by atoms with Gasteiger partial charge in [0.05, 0.1) is 13.2 Å². The van der Waals surface area contributed by atoms with Crippen LogP contribution in [-0.4, -0.2) is 42.1 Å². The summed E-state index contributed by atoms with van der Waals surface area (Å²) in [6.07, 6.45) is 10.5. The quantitative estimate of drug-likeness (QED) is 0.424. The lowest BCUT2D eigenvalue weighted by atomic mass is 9.96. The van der Waals surface area contributed by atoms with Crippen LogP contribution in [0.15, 0.2) is 36.0 Å². The van der Waals surface area contributed by atoms with Gasteiger partial charge in [0.15, 0.2) is 5.78 Å². The third-order valence-corrected chi connectivity index (χ3v) is 3.60. The smallest absolute Gasteiger partial charge is 0.246 e. The maximum Gasteiger partial charge on any atom is 0.246 e. The van der Waals surface area contributed by atoms with E-state index in [0.717, 1.165) is 11.5 Å². The molecule has 2 atom stereocenters. The molecule has 0 unspecified atom stereocenters. The van der Waals surface area contributed by atoms with Crippen LogP contribution in [0.2, 0.25) is 0 Å². The fourth-order valence-corrected chi connectivity index (χ4v) is 2.21. The number of aliphatic hydroxyl groups excluding tert-OH is 1. The van der Waals surface area contributed by atoms with E-state index in [-0.39, 0.29) is 24.0 Å². The average Bonchev–Trinajstić information content (AvgIpc) is 2.84. The lowest BCUT2D eigenvalue weighted by molar-refractivity contribution is -0.169. The molecule has 122 valence electrons. The van der Waals surface area contributed by atoms with Gasteiger partial charge in [-0.1, -0.05) is 31.2 Å². The summed E-state index contributed by atoms with van der Waals surface area (Å²) < 4.78 is 0. The first-order valence-corrected chi connectivity index (χ1v) is 7.55. The fraction of sp³-hybridized carbons (Fsp3) is 0.529. The number of nitrogens with zero attached hydrogens (tertiary/aromatic N) is 1. The normalized spacial score (nSPS) is 21.0. The van der Waals surface area contributed by atoms with E-state index in [1.807, 2.05) is 19.1 Å². The number of allylic oxidation sites excluding steroid dienone is 4. The molecular formula is C17H25NO4. The molecule has 1 rings (SSSR count). The van der Waals surface area contributed by atoms with Gasteiger partial charge >= 0.3 is 0 Å². The summed E-state index contributed by atoms with van der Waals surface area (Å²) in [7, 11) is 2.96. The molecule has 5 nitrogen and oxygen atoms in total. The summed E-state index contributed by atoms with van der Waals surface area (Å²) >= 11 is 0. The molecular weight excluding hydrogens is 282 g/mol. The molecule has 0 fully saturated rings. The summed E-state index contributed by atoms with van der Waals surface area (Å²) in [5.74, 6) is -0.519. The van der Waals surface area contributed by atoms with Crippen LogP contribution in [0.3, 0.4) is 0 Å². The van der Waals surface area contributed by atoms with E-state index < -0.39 is 6.10 Å². The van der Waals surface area contributed by atoms with Crippen molar-refractivity contribution in [2.45, 2.75) is 38.7 Å². The molecule has 1 aliphatic rings. The van der Waals surface area contributed by atoms with E-state index >= 15 is 0 Å². The predicted molar refractivity (Wildman–Crippen MR) is 84.8 cm³/mol. The van der Waals surface area contributed by atoms with Crippen LogP contribution in [-0.2, 0) is 14.4 Å². The molecule has 0 aromatic heterocycles. The number of amides is 1. The molecule has 0 radical (unpaired) electrons. The highest BCUT2D eigenvalue weighted by Crippen LogP contribution is 2.26. The number of hydrogen-bond donors (Lipinski definition) is 1. The third-order valence-electron chi connectivity index (χ3n) is 3.60. The first-order chi connectivity index (χ1) is 10.5. The van der Waals surface area contributed by atoms with Crippen LogP contribution in [0.4, 0.5) is 0 Å². The average molecular weight is 307 g/mol. The highest BCUT2D eigenvalue weighted by molar-refractivity contribution is 6.07. The van der Waals surface area contributed by atoms with Crippen molar-refractivity contribution in [1.82, 2.24) is 5.06 Å². The summed E-state index contributed by atoms with van der Waals surface area (Å²) in [5, 5.41) is 11.0. The van der Waals surface area contributed by atoms with Crippen LogP contribution < -0.4 is 0 Å². The Hall–Kier alpha value is -1.72. The second-order valence-electron chi connectivity index (χ2n) is 5.27. The number of ketones is 1. The van der Waals surface area contributed by atoms with Gasteiger partial charge in [0.25, 0.3) is 0 Å². The fourth-order valence-electron chi connectivity index (χ4n) is 2.21. The standard InChI is InChI=1S/C17H25NO4/c1-4-5-6-7-14(19)9-10-15-13(8-11-16(15)20)12-17(21)18(2)22-3/h5-6,8,10-11,13-14,19H,4,7,9,12H2,1-3H3/b6-5-,15-10+/t13-,14+/m1/s1. The molecule has 1 N–H and O–H groups in total. The van der Waals surface area contributed by atoms with Crippen LogP contribution in [0.25, 0.3) is 0 Å². The molecule has 22 heavy (non-hydrogen) atoms. The van der Waals surface area contributed by atoms with E-state index in [0.29, 0.717) is 18.4 Å². The number of carbonyl (C=O) groups is 2. The van der Waals surface area contributed by atoms with Crippen molar-refractivity contribution in [2.75, 3.05) is 14.2 Å². The predicted octanol–water partition coefficient (Wildman–Crippen LogP) is 2.19. The van der Waals surface area contributed by atoms with E-state index in [1.54, 1.807) is 12.2 Å². The lowest BCUT2D eigenvalue weighted by Crippen LogP contribution is -2.27. The maximum atomic E-state index is 11.9. The van der Waals surface area contributed by atoms with Crippen LogP contribution in [0.5, 0.6) is 0 Å². The van der Waals surface area contributed by atoms with Gasteiger partial charge in [-0.2, -0.15) is 0 Å². The summed E-state index contributed by atoms with van der Waals surface area (Å²) in [5.41, 5.74) is 0.580. The molecule has 0 aromatic rings. The zero-order chi connectivity index (χ0) is 16.5. The van der Waals surface area contributed by atoms with Crippen molar-refractivity contribution >= 4 is 11.7 Å². The maximum absolute atomic E-state index is 11.9. The second kappa shape index (κ2) is 9.33. The van der Waals surface area contributed by atoms with Gasteiger partial charge in [-0.05, 0) is 25.3 Å². The Morgan fingerprint density at radius 3 is 2.82 bits per heavy atom. The molecule has 5 heteroatoms. The topological polar surface area (TPSA) is 66.8 Å². The number of rotatable bonds is 8. The minimum absolute atomic E-state index is 0.0887. The van der Waals surface area contributed by atoms with Gasteiger partial charge in [0.2, 0.25) is 5.91 Å². The monoisotopic (exact) mass is 307 g/mol. The largest absolute Gasteiger partial charge is 0.392 e. The highest BCUT2D eigenvalue weighted by atomic mass is 16.7. The van der Waals surface area contributed by atoms with Crippen molar-refractivity contribution in [3.8, 4) is 0 Å². The van der Waals surface area contributed by atoms with Crippen LogP contribution in [0.1, 0.15) is 32.6 Å². The van der Waals surface area contributed by atoms with Crippen molar-refractivity contribution in [3.63, 3.8) is 0 Å². The molecule has 0 spiro atoms. The van der Waals surface area contributed by atoms with E-state index in [9.17, 15) is 14.7 Å². The van der Waals surface area contributed by atoms with Crippen LogP contribution in [0, 0.1) is 5.92 Å². The van der Waals surface area contributed by atoms with Gasteiger partial charge in [0, 0.05) is 25.0 Å². The van der Waals surface area contributed by atoms with Crippen LogP contribution >= 0.6 is 0 Å². The highest BCUT2D eigenvalue weighted by Gasteiger charge is 2.26. The number of aliphatic hydroxyl groups is 1. The van der Waals surface area contributed by atoms with Gasteiger partial charge in [-0.3, -0.25) is 14.4 Å². The van der Waals surface area contributed by atoms with E-state index in [1.165, 1.54) is 20.2 Å². The van der Waals surface area contributed by atoms with Crippen molar-refractivity contribution in [2.24, 2.45) is 5.92 Å².